The Hall–Kier alpha value is -2.92. The molecule has 0 saturated heterocycles. The summed E-state index contributed by atoms with van der Waals surface area (Å²) in [5.74, 6) is -1.12. The van der Waals surface area contributed by atoms with Gasteiger partial charge in [0.05, 0.1) is 12.0 Å². The van der Waals surface area contributed by atoms with Gasteiger partial charge in [-0.15, -0.1) is 0 Å². The summed E-state index contributed by atoms with van der Waals surface area (Å²) in [7, 11) is 0. The average Bonchev–Trinajstić information content (AvgIpc) is 3.07. The number of rotatable bonds is 1. The van der Waals surface area contributed by atoms with Gasteiger partial charge in [-0.2, -0.15) is 0 Å². The lowest BCUT2D eigenvalue weighted by molar-refractivity contribution is -0.135. The Morgan fingerprint density at radius 3 is 2.57 bits per heavy atom. The van der Waals surface area contributed by atoms with Gasteiger partial charge in [0.25, 0.3) is 5.91 Å². The first-order chi connectivity index (χ1) is 11.0. The van der Waals surface area contributed by atoms with Crippen LogP contribution in [0.3, 0.4) is 0 Å². The number of carbonyl (C=O) groups excluding carboxylic acids is 2. The van der Waals surface area contributed by atoms with Gasteiger partial charge in [-0.25, -0.2) is 4.90 Å². The summed E-state index contributed by atoms with van der Waals surface area (Å²) in [6.07, 6.45) is 1.38. The molecule has 1 aromatic heterocycles. The number of nitrogens with zero attached hydrogens (tertiary/aromatic N) is 1. The number of anilines is 1. The van der Waals surface area contributed by atoms with Crippen molar-refractivity contribution in [2.24, 2.45) is 0 Å². The molecule has 0 saturated carbocycles. The van der Waals surface area contributed by atoms with Crippen molar-refractivity contribution >= 4 is 28.5 Å². The number of hydrogen-bond donors (Lipinski definition) is 1. The third kappa shape index (κ3) is 1.65. The molecular weight excluding hydrogens is 294 g/mol. The number of amides is 2. The Morgan fingerprint density at radius 1 is 1.09 bits per heavy atom. The van der Waals surface area contributed by atoms with Gasteiger partial charge in [0, 0.05) is 23.4 Å². The van der Waals surface area contributed by atoms with Crippen LogP contribution in [0.5, 0.6) is 0 Å². The molecule has 5 nitrogen and oxygen atoms in total. The van der Waals surface area contributed by atoms with E-state index in [0.29, 0.717) is 27.8 Å². The van der Waals surface area contributed by atoms with Crippen LogP contribution < -0.4 is 4.90 Å². The Kier molecular flexibility index (Phi) is 2.71. The summed E-state index contributed by atoms with van der Waals surface area (Å²) >= 11 is 0. The molecule has 1 aliphatic rings. The predicted octanol–water partition coefficient (Wildman–Crippen LogP) is 2.56. The number of imide groups is 1. The molecule has 3 aromatic rings. The molecule has 0 fully saturated rings. The minimum Gasteiger partial charge on any atom is -0.464 e. The van der Waals surface area contributed by atoms with Gasteiger partial charge in [0.2, 0.25) is 11.5 Å². The molecule has 5 heteroatoms. The highest BCUT2D eigenvalue weighted by Gasteiger charge is 2.53. The standard InChI is InChI=1S/C18H13NO4/c1-11(20)19-15-8-4-3-7-13(15)18(22,17(19)21)14-10-23-16-9-5-2-6-12(14)16/h2-10,22H,1H3/t18-/m1/s1. The number of furan rings is 1. The highest BCUT2D eigenvalue weighted by Crippen LogP contribution is 2.46. The molecule has 0 aliphatic carbocycles. The van der Waals surface area contributed by atoms with E-state index in [1.165, 1.54) is 13.2 Å². The lowest BCUT2D eigenvalue weighted by Gasteiger charge is -2.21. The minimum atomic E-state index is -1.94. The first-order valence-corrected chi connectivity index (χ1v) is 7.19. The van der Waals surface area contributed by atoms with Crippen LogP contribution in [0, 0.1) is 0 Å². The maximum absolute atomic E-state index is 12.9. The van der Waals surface area contributed by atoms with Crippen molar-refractivity contribution in [2.75, 3.05) is 4.90 Å². The first-order valence-electron chi connectivity index (χ1n) is 7.19. The molecule has 2 aromatic carbocycles. The molecule has 0 bridgehead atoms. The van der Waals surface area contributed by atoms with Crippen molar-refractivity contribution < 1.29 is 19.1 Å². The van der Waals surface area contributed by atoms with Gasteiger partial charge in [-0.3, -0.25) is 9.59 Å². The molecule has 1 atom stereocenters. The molecule has 23 heavy (non-hydrogen) atoms. The Morgan fingerprint density at radius 2 is 1.78 bits per heavy atom. The minimum absolute atomic E-state index is 0.342. The zero-order valence-electron chi connectivity index (χ0n) is 12.3. The SMILES string of the molecule is CC(=O)N1C(=O)[C@](O)(c2coc3ccccc23)c2ccccc21. The second-order valence-electron chi connectivity index (χ2n) is 5.53. The summed E-state index contributed by atoms with van der Waals surface area (Å²) in [6.45, 7) is 1.30. The lowest BCUT2D eigenvalue weighted by Crippen LogP contribution is -2.43. The summed E-state index contributed by atoms with van der Waals surface area (Å²) in [5.41, 5.74) is -0.240. The van der Waals surface area contributed by atoms with Gasteiger partial charge in [-0.1, -0.05) is 36.4 Å². The van der Waals surface area contributed by atoms with Crippen molar-refractivity contribution in [3.05, 3.63) is 65.9 Å². The van der Waals surface area contributed by atoms with E-state index in [1.54, 1.807) is 42.5 Å². The van der Waals surface area contributed by atoms with Crippen LogP contribution in [0.25, 0.3) is 11.0 Å². The number of benzene rings is 2. The number of fused-ring (bicyclic) bond motifs is 2. The monoisotopic (exact) mass is 307 g/mol. The Balaban J connectivity index is 2.04. The van der Waals surface area contributed by atoms with Crippen molar-refractivity contribution in [3.8, 4) is 0 Å². The number of para-hydroxylation sites is 2. The predicted molar refractivity (Wildman–Crippen MR) is 83.8 cm³/mol. The highest BCUT2D eigenvalue weighted by molar-refractivity contribution is 6.23. The molecule has 0 unspecified atom stereocenters. The van der Waals surface area contributed by atoms with E-state index < -0.39 is 17.4 Å². The summed E-state index contributed by atoms with van der Waals surface area (Å²) in [6, 6.07) is 13.9. The van der Waals surface area contributed by atoms with E-state index in [4.69, 9.17) is 4.42 Å². The molecule has 4 rings (SSSR count). The number of carbonyl (C=O) groups is 2. The largest absolute Gasteiger partial charge is 0.464 e. The first kappa shape index (κ1) is 13.7. The van der Waals surface area contributed by atoms with E-state index in [-0.39, 0.29) is 0 Å². The van der Waals surface area contributed by atoms with E-state index >= 15 is 0 Å². The Bertz CT molecular complexity index is 958. The van der Waals surface area contributed by atoms with E-state index in [9.17, 15) is 14.7 Å². The third-order valence-electron chi connectivity index (χ3n) is 4.23. The third-order valence-corrected chi connectivity index (χ3v) is 4.23. The summed E-state index contributed by atoms with van der Waals surface area (Å²) in [4.78, 5) is 25.8. The fourth-order valence-electron chi connectivity index (χ4n) is 3.19. The molecule has 2 amide bonds. The molecule has 1 aliphatic heterocycles. The summed E-state index contributed by atoms with van der Waals surface area (Å²) in [5, 5.41) is 11.9. The van der Waals surface area contributed by atoms with Crippen LogP contribution in [0.4, 0.5) is 5.69 Å². The van der Waals surface area contributed by atoms with Gasteiger partial charge < -0.3 is 9.52 Å². The molecule has 0 radical (unpaired) electrons. The topological polar surface area (TPSA) is 70.8 Å². The lowest BCUT2D eigenvalue weighted by atomic mass is 9.87. The normalized spacial score (nSPS) is 20.1. The number of hydrogen-bond acceptors (Lipinski definition) is 4. The van der Waals surface area contributed by atoms with Crippen LogP contribution in [0.2, 0.25) is 0 Å². The molecule has 0 spiro atoms. The molecule has 114 valence electrons. The van der Waals surface area contributed by atoms with Crippen molar-refractivity contribution in [3.63, 3.8) is 0 Å². The molecule has 1 N–H and O–H groups in total. The van der Waals surface area contributed by atoms with Gasteiger partial charge in [-0.05, 0) is 12.1 Å². The second-order valence-corrected chi connectivity index (χ2v) is 5.53. The van der Waals surface area contributed by atoms with Crippen LogP contribution >= 0.6 is 0 Å². The van der Waals surface area contributed by atoms with Crippen molar-refractivity contribution in [1.82, 2.24) is 0 Å². The highest BCUT2D eigenvalue weighted by atomic mass is 16.3. The smallest absolute Gasteiger partial charge is 0.275 e. The summed E-state index contributed by atoms with van der Waals surface area (Å²) < 4.78 is 5.47. The quantitative estimate of drug-likeness (QED) is 0.750. The van der Waals surface area contributed by atoms with E-state index in [0.717, 1.165) is 4.90 Å². The van der Waals surface area contributed by atoms with Crippen molar-refractivity contribution in [2.45, 2.75) is 12.5 Å². The van der Waals surface area contributed by atoms with Crippen LogP contribution in [0.1, 0.15) is 18.1 Å². The fourth-order valence-corrected chi connectivity index (χ4v) is 3.19. The zero-order chi connectivity index (χ0) is 16.2. The maximum atomic E-state index is 12.9. The van der Waals surface area contributed by atoms with Crippen molar-refractivity contribution in [1.29, 1.82) is 0 Å². The van der Waals surface area contributed by atoms with E-state index in [1.807, 2.05) is 6.07 Å². The van der Waals surface area contributed by atoms with Gasteiger partial charge in [0.1, 0.15) is 5.58 Å². The molecular formula is C18H13NO4. The molecule has 2 heterocycles. The van der Waals surface area contributed by atoms with Gasteiger partial charge in [0.15, 0.2) is 0 Å². The second kappa shape index (κ2) is 4.54. The van der Waals surface area contributed by atoms with Crippen LogP contribution in [0.15, 0.2) is 59.2 Å². The average molecular weight is 307 g/mol. The Labute approximate surface area is 131 Å². The van der Waals surface area contributed by atoms with Gasteiger partial charge >= 0.3 is 0 Å². The van der Waals surface area contributed by atoms with Crippen LogP contribution in [-0.2, 0) is 15.2 Å². The number of aliphatic hydroxyl groups is 1. The van der Waals surface area contributed by atoms with E-state index in [2.05, 4.69) is 0 Å². The maximum Gasteiger partial charge on any atom is 0.275 e. The fraction of sp³-hybridized carbons (Fsp3) is 0.111. The van der Waals surface area contributed by atoms with Crippen LogP contribution in [-0.4, -0.2) is 16.9 Å². The zero-order valence-corrected chi connectivity index (χ0v) is 12.3.